The lowest BCUT2D eigenvalue weighted by Gasteiger charge is -2.33. The molecule has 2 amide bonds. The topological polar surface area (TPSA) is 75.7 Å². The number of methoxy groups -OCH3 is 1. The van der Waals surface area contributed by atoms with Crippen LogP contribution in [0.3, 0.4) is 0 Å². The normalized spacial score (nSPS) is 16.8. The number of nitrogens with one attached hydrogen (secondary N) is 1. The third-order valence-corrected chi connectivity index (χ3v) is 4.87. The van der Waals surface area contributed by atoms with Crippen molar-refractivity contribution in [1.29, 1.82) is 0 Å². The number of carbonyl (C=O) groups is 3. The molecule has 7 heteroatoms. The van der Waals surface area contributed by atoms with Crippen LogP contribution in [0, 0.1) is 5.92 Å². The quantitative estimate of drug-likeness (QED) is 0.738. The molecule has 0 bridgehead atoms. The van der Waals surface area contributed by atoms with Crippen molar-refractivity contribution in [3.63, 3.8) is 0 Å². The number of ether oxygens (including phenoxy) is 1. The molecule has 1 fully saturated rings. The number of hydrogen-bond acceptors (Lipinski definition) is 4. The fraction of sp³-hybridized carbons (Fsp3) is 0.526. The van der Waals surface area contributed by atoms with E-state index in [1.54, 1.807) is 24.3 Å². The predicted octanol–water partition coefficient (Wildman–Crippen LogP) is 2.65. The summed E-state index contributed by atoms with van der Waals surface area (Å²) in [4.78, 5) is 37.5. The van der Waals surface area contributed by atoms with E-state index in [0.717, 1.165) is 19.4 Å². The lowest BCUT2D eigenvalue weighted by atomic mass is 9.97. The molecular formula is C19H25ClN2O4. The molecule has 0 spiro atoms. The third kappa shape index (κ3) is 6.02. The minimum absolute atomic E-state index is 0.0519. The van der Waals surface area contributed by atoms with Gasteiger partial charge in [0.2, 0.25) is 5.91 Å². The van der Waals surface area contributed by atoms with Crippen molar-refractivity contribution in [2.24, 2.45) is 5.92 Å². The van der Waals surface area contributed by atoms with E-state index in [1.807, 2.05) is 4.90 Å². The van der Waals surface area contributed by atoms with Crippen LogP contribution >= 0.6 is 11.6 Å². The summed E-state index contributed by atoms with van der Waals surface area (Å²) < 4.78 is 4.58. The number of nitrogens with zero attached hydrogens (tertiary/aromatic N) is 1. The maximum atomic E-state index is 12.3. The Bertz CT molecular complexity index is 650. The molecule has 1 unspecified atom stereocenters. The van der Waals surface area contributed by atoms with E-state index < -0.39 is 0 Å². The first-order chi connectivity index (χ1) is 12.5. The van der Waals surface area contributed by atoms with Gasteiger partial charge in [0.1, 0.15) is 0 Å². The number of esters is 1. The number of benzene rings is 1. The molecular weight excluding hydrogens is 356 g/mol. The zero-order valence-electron chi connectivity index (χ0n) is 15.0. The Kier molecular flexibility index (Phi) is 7.91. The van der Waals surface area contributed by atoms with Crippen molar-refractivity contribution in [2.75, 3.05) is 26.7 Å². The van der Waals surface area contributed by atoms with Gasteiger partial charge in [-0.1, -0.05) is 23.7 Å². The second-order valence-electron chi connectivity index (χ2n) is 6.47. The fourth-order valence-electron chi connectivity index (χ4n) is 3.08. The van der Waals surface area contributed by atoms with Crippen LogP contribution in [0.5, 0.6) is 0 Å². The van der Waals surface area contributed by atoms with Gasteiger partial charge in [-0.25, -0.2) is 0 Å². The first-order valence-electron chi connectivity index (χ1n) is 8.88. The van der Waals surface area contributed by atoms with Crippen LogP contribution in [-0.4, -0.2) is 49.4 Å². The van der Waals surface area contributed by atoms with Crippen molar-refractivity contribution >= 4 is 29.4 Å². The lowest BCUT2D eigenvalue weighted by molar-refractivity contribution is -0.141. The van der Waals surface area contributed by atoms with Crippen molar-refractivity contribution in [1.82, 2.24) is 10.2 Å². The van der Waals surface area contributed by atoms with Gasteiger partial charge in [-0.05, 0) is 37.3 Å². The smallest absolute Gasteiger partial charge is 0.305 e. The minimum Gasteiger partial charge on any atom is -0.469 e. The minimum atomic E-state index is -0.295. The third-order valence-electron chi connectivity index (χ3n) is 4.54. The molecule has 0 saturated carbocycles. The number of rotatable bonds is 7. The van der Waals surface area contributed by atoms with Gasteiger partial charge in [0.25, 0.3) is 5.91 Å². The highest BCUT2D eigenvalue weighted by Crippen LogP contribution is 2.18. The van der Waals surface area contributed by atoms with Crippen molar-refractivity contribution in [3.8, 4) is 0 Å². The Morgan fingerprint density at radius 1 is 1.27 bits per heavy atom. The van der Waals surface area contributed by atoms with Crippen LogP contribution < -0.4 is 5.32 Å². The number of hydrogen-bond donors (Lipinski definition) is 1. The molecule has 2 rings (SSSR count). The maximum absolute atomic E-state index is 12.3. The Balaban J connectivity index is 1.77. The highest BCUT2D eigenvalue weighted by molar-refractivity contribution is 6.33. The van der Waals surface area contributed by atoms with E-state index in [0.29, 0.717) is 36.5 Å². The number of halogens is 1. The summed E-state index contributed by atoms with van der Waals surface area (Å²) in [5, 5.41) is 3.34. The SMILES string of the molecule is COC(=O)CCCC(=O)N1CCCC(CNC(=O)c2ccccc2Cl)C1. The van der Waals surface area contributed by atoms with Crippen LogP contribution in [0.15, 0.2) is 24.3 Å². The van der Waals surface area contributed by atoms with Gasteiger partial charge in [-0.3, -0.25) is 14.4 Å². The first kappa shape index (κ1) is 20.2. The number of amides is 2. The molecule has 1 N–H and O–H groups in total. The first-order valence-corrected chi connectivity index (χ1v) is 9.26. The van der Waals surface area contributed by atoms with Gasteiger partial charge in [0.15, 0.2) is 0 Å². The highest BCUT2D eigenvalue weighted by atomic mass is 35.5. The highest BCUT2D eigenvalue weighted by Gasteiger charge is 2.24. The standard InChI is InChI=1S/C19H25ClN2O4/c1-26-18(24)10-4-9-17(23)22-11-5-6-14(13-22)12-21-19(25)15-7-2-3-8-16(15)20/h2-3,7-8,14H,4-6,9-13H2,1H3,(H,21,25). The molecule has 142 valence electrons. The number of piperidine rings is 1. The Morgan fingerprint density at radius 2 is 2.04 bits per heavy atom. The summed E-state index contributed by atoms with van der Waals surface area (Å²) in [7, 11) is 1.34. The predicted molar refractivity (Wildman–Crippen MR) is 99.0 cm³/mol. The number of likely N-dealkylation sites (tertiary alicyclic amines) is 1. The van der Waals surface area contributed by atoms with Gasteiger partial charge in [-0.15, -0.1) is 0 Å². The molecule has 1 saturated heterocycles. The average molecular weight is 381 g/mol. The summed E-state index contributed by atoms with van der Waals surface area (Å²) in [5.41, 5.74) is 0.459. The average Bonchev–Trinajstić information content (AvgIpc) is 2.66. The summed E-state index contributed by atoms with van der Waals surface area (Å²) in [5.74, 6) is -0.218. The van der Waals surface area contributed by atoms with Crippen LogP contribution in [0.25, 0.3) is 0 Å². The molecule has 1 aliphatic rings. The summed E-state index contributed by atoms with van der Waals surface area (Å²) >= 11 is 6.04. The van der Waals surface area contributed by atoms with Gasteiger partial charge in [0.05, 0.1) is 17.7 Å². The molecule has 1 aromatic carbocycles. The molecule has 0 aromatic heterocycles. The van der Waals surface area contributed by atoms with E-state index in [4.69, 9.17) is 11.6 Å². The Hall–Kier alpha value is -2.08. The van der Waals surface area contributed by atoms with Crippen molar-refractivity contribution < 1.29 is 19.1 Å². The van der Waals surface area contributed by atoms with Crippen LogP contribution in [-0.2, 0) is 14.3 Å². The molecule has 1 aromatic rings. The summed E-state index contributed by atoms with van der Waals surface area (Å²) in [6.07, 6.45) is 2.97. The van der Waals surface area contributed by atoms with Gasteiger partial charge in [0, 0.05) is 32.5 Å². The van der Waals surface area contributed by atoms with E-state index in [2.05, 4.69) is 10.1 Å². The molecule has 6 nitrogen and oxygen atoms in total. The maximum Gasteiger partial charge on any atom is 0.305 e. The van der Waals surface area contributed by atoms with Crippen molar-refractivity contribution in [3.05, 3.63) is 34.9 Å². The van der Waals surface area contributed by atoms with Gasteiger partial charge < -0.3 is 15.0 Å². The van der Waals surface area contributed by atoms with E-state index in [9.17, 15) is 14.4 Å². The second-order valence-corrected chi connectivity index (χ2v) is 6.87. The van der Waals surface area contributed by atoms with Crippen LogP contribution in [0.2, 0.25) is 5.02 Å². The van der Waals surface area contributed by atoms with Crippen LogP contribution in [0.4, 0.5) is 0 Å². The van der Waals surface area contributed by atoms with E-state index in [-0.39, 0.29) is 30.1 Å². The fourth-order valence-corrected chi connectivity index (χ4v) is 3.30. The monoisotopic (exact) mass is 380 g/mol. The zero-order valence-corrected chi connectivity index (χ0v) is 15.8. The second kappa shape index (κ2) is 10.2. The lowest BCUT2D eigenvalue weighted by Crippen LogP contribution is -2.43. The molecule has 1 aliphatic heterocycles. The Labute approximate surface area is 158 Å². The molecule has 26 heavy (non-hydrogen) atoms. The van der Waals surface area contributed by atoms with E-state index >= 15 is 0 Å². The number of carbonyl (C=O) groups excluding carboxylic acids is 3. The van der Waals surface area contributed by atoms with Gasteiger partial charge in [-0.2, -0.15) is 0 Å². The van der Waals surface area contributed by atoms with Crippen molar-refractivity contribution in [2.45, 2.75) is 32.1 Å². The van der Waals surface area contributed by atoms with Gasteiger partial charge >= 0.3 is 5.97 Å². The molecule has 0 radical (unpaired) electrons. The largest absolute Gasteiger partial charge is 0.469 e. The molecule has 1 heterocycles. The van der Waals surface area contributed by atoms with Crippen LogP contribution in [0.1, 0.15) is 42.5 Å². The summed E-state index contributed by atoms with van der Waals surface area (Å²) in [6.45, 7) is 1.86. The molecule has 1 atom stereocenters. The van der Waals surface area contributed by atoms with E-state index in [1.165, 1.54) is 7.11 Å². The Morgan fingerprint density at radius 3 is 2.77 bits per heavy atom. The molecule has 0 aliphatic carbocycles. The summed E-state index contributed by atoms with van der Waals surface area (Å²) in [6, 6.07) is 6.93. The zero-order chi connectivity index (χ0) is 18.9.